The summed E-state index contributed by atoms with van der Waals surface area (Å²) in [5.41, 5.74) is 11.0. The van der Waals surface area contributed by atoms with Crippen molar-refractivity contribution in [2.75, 3.05) is 33.4 Å². The van der Waals surface area contributed by atoms with Gasteiger partial charge in [0.15, 0.2) is 0 Å². The molecule has 0 spiro atoms. The lowest BCUT2D eigenvalue weighted by atomic mass is 9.85. The Morgan fingerprint density at radius 3 is 2.24 bits per heavy atom. The summed E-state index contributed by atoms with van der Waals surface area (Å²) in [7, 11) is 1.32. The van der Waals surface area contributed by atoms with Gasteiger partial charge < -0.3 is 34.9 Å². The molecule has 0 saturated carbocycles. The highest BCUT2D eigenvalue weighted by Gasteiger charge is 2.41. The number of likely N-dealkylation sites (tertiary alicyclic amines) is 2. The minimum absolute atomic E-state index is 0.0768. The quantitative estimate of drug-likeness (QED) is 0.113. The minimum Gasteiger partial charge on any atom is -0.453 e. The van der Waals surface area contributed by atoms with E-state index in [1.54, 1.807) is 0 Å². The van der Waals surface area contributed by atoms with Crippen molar-refractivity contribution in [3.8, 4) is 22.4 Å². The number of aromatic nitrogens is 2. The van der Waals surface area contributed by atoms with Gasteiger partial charge in [-0.05, 0) is 119 Å². The van der Waals surface area contributed by atoms with E-state index >= 15 is 0 Å². The first kappa shape index (κ1) is 45.2. The van der Waals surface area contributed by atoms with Crippen molar-refractivity contribution in [3.63, 3.8) is 0 Å². The molecular formula is C55H61N7O6. The molecule has 3 N–H and O–H groups in total. The molecule has 352 valence electrons. The number of methoxy groups -OCH3 is 1. The van der Waals surface area contributed by atoms with Crippen LogP contribution in [0.3, 0.4) is 0 Å². The summed E-state index contributed by atoms with van der Waals surface area (Å²) in [5.74, 6) is 0.626. The van der Waals surface area contributed by atoms with E-state index in [9.17, 15) is 19.2 Å². The fraction of sp³-hybridized carbons (Fsp3) is 0.418. The van der Waals surface area contributed by atoms with Crippen molar-refractivity contribution in [1.29, 1.82) is 0 Å². The molecule has 3 saturated heterocycles. The molecule has 0 radical (unpaired) electrons. The highest BCUT2D eigenvalue weighted by Crippen LogP contribution is 2.42. The van der Waals surface area contributed by atoms with E-state index in [1.807, 2.05) is 60.2 Å². The summed E-state index contributed by atoms with van der Waals surface area (Å²) >= 11 is 0. The summed E-state index contributed by atoms with van der Waals surface area (Å²) in [6, 6.07) is 27.7. The van der Waals surface area contributed by atoms with Gasteiger partial charge in [0.05, 0.1) is 31.1 Å². The van der Waals surface area contributed by atoms with E-state index in [0.717, 1.165) is 108 Å². The van der Waals surface area contributed by atoms with Crippen LogP contribution in [-0.4, -0.2) is 94.8 Å². The molecule has 4 amide bonds. The van der Waals surface area contributed by atoms with Gasteiger partial charge in [0.25, 0.3) is 0 Å². The number of aryl methyl sites for hydroxylation is 1. The molecule has 0 unspecified atom stereocenters. The molecule has 13 heteroatoms. The van der Waals surface area contributed by atoms with Gasteiger partial charge in [-0.3, -0.25) is 19.4 Å². The third-order valence-electron chi connectivity index (χ3n) is 14.8. The first-order chi connectivity index (χ1) is 33.1. The Hall–Kier alpha value is -6.60. The lowest BCUT2D eigenvalue weighted by molar-refractivity contribution is -0.138. The first-order valence-corrected chi connectivity index (χ1v) is 24.5. The Morgan fingerprint density at radius 1 is 0.794 bits per heavy atom. The molecular weight excluding hydrogens is 855 g/mol. The zero-order valence-electron chi connectivity index (χ0n) is 39.3. The maximum Gasteiger partial charge on any atom is 0.407 e. The summed E-state index contributed by atoms with van der Waals surface area (Å²) < 4.78 is 10.3. The number of rotatable bonds is 12. The molecule has 1 aromatic heterocycles. The number of carbonyl (C=O) groups is 4. The summed E-state index contributed by atoms with van der Waals surface area (Å²) in [6.45, 7) is 6.46. The maximum absolute atomic E-state index is 14.4. The smallest absolute Gasteiger partial charge is 0.407 e. The fourth-order valence-corrected chi connectivity index (χ4v) is 11.1. The van der Waals surface area contributed by atoms with Gasteiger partial charge in [0.1, 0.15) is 17.9 Å². The molecule has 68 heavy (non-hydrogen) atoms. The van der Waals surface area contributed by atoms with Crippen LogP contribution in [0.25, 0.3) is 38.7 Å². The van der Waals surface area contributed by atoms with Crippen molar-refractivity contribution in [1.82, 2.24) is 30.4 Å². The van der Waals surface area contributed by atoms with E-state index in [2.05, 4.69) is 70.2 Å². The van der Waals surface area contributed by atoms with Gasteiger partial charge in [-0.2, -0.15) is 0 Å². The van der Waals surface area contributed by atoms with Crippen LogP contribution in [0.5, 0.6) is 0 Å². The topological polar surface area (TPSA) is 158 Å². The number of amides is 4. The second-order valence-corrected chi connectivity index (χ2v) is 19.4. The lowest BCUT2D eigenvalue weighted by Gasteiger charge is -2.31. The zero-order chi connectivity index (χ0) is 46.9. The van der Waals surface area contributed by atoms with Crippen LogP contribution in [0.2, 0.25) is 0 Å². The van der Waals surface area contributed by atoms with E-state index in [0.29, 0.717) is 32.7 Å². The number of nitrogens with zero attached hydrogens (tertiary/aromatic N) is 4. The number of hydrogen-bond acceptors (Lipinski definition) is 8. The lowest BCUT2D eigenvalue weighted by Crippen LogP contribution is -2.53. The van der Waals surface area contributed by atoms with Crippen molar-refractivity contribution < 1.29 is 28.7 Å². The van der Waals surface area contributed by atoms with Crippen molar-refractivity contribution >= 4 is 45.9 Å². The average Bonchev–Trinajstić information content (AvgIpc) is 4.22. The van der Waals surface area contributed by atoms with Gasteiger partial charge in [0, 0.05) is 56.1 Å². The largest absolute Gasteiger partial charge is 0.453 e. The average molecular weight is 916 g/mol. The fourth-order valence-electron chi connectivity index (χ4n) is 11.1. The van der Waals surface area contributed by atoms with Crippen LogP contribution >= 0.6 is 0 Å². The number of ether oxygens (including phenoxy) is 2. The number of H-pyrrole nitrogens is 1. The van der Waals surface area contributed by atoms with Crippen LogP contribution in [-0.2, 0) is 30.3 Å². The van der Waals surface area contributed by atoms with Gasteiger partial charge in [-0.15, -0.1) is 0 Å². The van der Waals surface area contributed by atoms with Crippen molar-refractivity contribution in [3.05, 3.63) is 119 Å². The predicted molar refractivity (Wildman–Crippen MR) is 262 cm³/mol. The molecule has 5 heterocycles. The second-order valence-electron chi connectivity index (χ2n) is 19.4. The van der Waals surface area contributed by atoms with Crippen LogP contribution in [0, 0.1) is 11.8 Å². The number of alkyl carbamates (subject to hydrolysis) is 1. The first-order valence-electron chi connectivity index (χ1n) is 24.5. The zero-order valence-corrected chi connectivity index (χ0v) is 39.3. The highest BCUT2D eigenvalue weighted by atomic mass is 16.5. The van der Waals surface area contributed by atoms with Gasteiger partial charge in [-0.1, -0.05) is 86.6 Å². The van der Waals surface area contributed by atoms with Gasteiger partial charge in [0.2, 0.25) is 17.7 Å². The third-order valence-corrected chi connectivity index (χ3v) is 14.8. The number of aromatic amines is 1. The molecule has 0 bridgehead atoms. The van der Waals surface area contributed by atoms with Crippen LogP contribution in [0.15, 0.2) is 102 Å². The second kappa shape index (κ2) is 19.6. The van der Waals surface area contributed by atoms with Gasteiger partial charge in [-0.25, -0.2) is 9.78 Å². The number of imidazole rings is 1. The molecule has 5 aromatic rings. The Bertz CT molecular complexity index is 2790. The van der Waals surface area contributed by atoms with Crippen molar-refractivity contribution in [2.45, 2.75) is 102 Å². The Kier molecular flexibility index (Phi) is 13.0. The van der Waals surface area contributed by atoms with Crippen LogP contribution < -0.4 is 10.6 Å². The number of hydrogen-bond donors (Lipinski definition) is 3. The minimum atomic E-state index is -0.776. The maximum atomic E-state index is 14.4. The van der Waals surface area contributed by atoms with Gasteiger partial charge >= 0.3 is 6.09 Å². The summed E-state index contributed by atoms with van der Waals surface area (Å²) in [6.07, 6.45) is 9.26. The molecule has 13 nitrogen and oxygen atoms in total. The standard InChI is InChI=1S/C55H61N7O6/c1-33(2)50(60-55(66)67-3)53(64)61-23-7-11-47(61)45-31-43-42-19-17-39(29-40(42)18-20-44(43)57-45)36-13-14-38-30-41(16-15-37(38)28-36)46-32-56-52(58-46)48-12-8-24-62(48)54(65)51(35-9-5-4-6-10-35)59-49(63)27-34-21-25-68-26-22-34/h4-6,9-10,13-17,19,28-30,32-34,47-48,50-51H,7-8,11-12,18,20-27,31H2,1-3H3,(H,56,58)(H,59,63)(H,60,66)/t47-,48-,50-,51+/m0/s1. The molecule has 4 atom stereocenters. The number of aliphatic imine (C=N–C) groups is 1. The number of carbonyl (C=O) groups excluding carboxylic acids is 4. The molecule has 10 rings (SSSR count). The number of benzene rings is 4. The van der Waals surface area contributed by atoms with Crippen LogP contribution in [0.4, 0.5) is 4.79 Å². The Morgan fingerprint density at radius 2 is 1.49 bits per heavy atom. The molecule has 4 aliphatic heterocycles. The predicted octanol–water partition coefficient (Wildman–Crippen LogP) is 9.11. The summed E-state index contributed by atoms with van der Waals surface area (Å²) in [5, 5.41) is 8.12. The molecule has 5 aliphatic rings. The Balaban J connectivity index is 0.810. The summed E-state index contributed by atoms with van der Waals surface area (Å²) in [4.78, 5) is 71.0. The number of allylic oxidation sites excluding steroid dienone is 2. The molecule has 3 fully saturated rings. The SMILES string of the molecule is COC(=O)N[C@H](C(=O)N1CCC[C@H]1C1=NC2=C(C1)c1ccc(-c3ccc4cc(-c5cnc([C@@H]6CCCN6C(=O)[C@H](NC(=O)CC6CCOCC6)c6ccccc6)[nH]5)ccc4c3)cc1CC2)C(C)C. The van der Waals surface area contributed by atoms with E-state index < -0.39 is 18.2 Å². The van der Waals surface area contributed by atoms with Crippen molar-refractivity contribution in [2.24, 2.45) is 16.8 Å². The van der Waals surface area contributed by atoms with Crippen LogP contribution in [0.1, 0.15) is 106 Å². The highest BCUT2D eigenvalue weighted by molar-refractivity contribution is 6.05. The monoisotopic (exact) mass is 915 g/mol. The van der Waals surface area contributed by atoms with E-state index in [-0.39, 0.29) is 41.6 Å². The van der Waals surface area contributed by atoms with E-state index in [1.165, 1.54) is 29.4 Å². The number of fused-ring (bicyclic) bond motifs is 3. The number of nitrogens with one attached hydrogen (secondary N) is 3. The van der Waals surface area contributed by atoms with E-state index in [4.69, 9.17) is 19.5 Å². The molecule has 1 aliphatic carbocycles. The third kappa shape index (κ3) is 9.20. The molecule has 4 aromatic carbocycles. The Labute approximate surface area is 397 Å². The normalized spacial score (nSPS) is 20.3.